The Morgan fingerprint density at radius 1 is 1.60 bits per heavy atom. The van der Waals surface area contributed by atoms with Crippen molar-refractivity contribution in [3.63, 3.8) is 0 Å². The van der Waals surface area contributed by atoms with Gasteiger partial charge in [0.25, 0.3) is 11.6 Å². The number of rotatable bonds is 6. The first-order valence-electron chi connectivity index (χ1n) is 5.66. The molecule has 0 aliphatic heterocycles. The number of nitrogens with zero attached hydrogens (tertiary/aromatic N) is 1. The first kappa shape index (κ1) is 16.5. The lowest BCUT2D eigenvalue weighted by atomic mass is 10.1. The average Bonchev–Trinajstić information content (AvgIpc) is 2.43. The van der Waals surface area contributed by atoms with Crippen LogP contribution < -0.4 is 16.6 Å². The number of nitrogens with one attached hydrogen (secondary N) is 2. The number of hydrogen-bond acceptors (Lipinski definition) is 6. The first-order chi connectivity index (χ1) is 9.40. The minimum Gasteiger partial charge on any atom is -0.351 e. The molecule has 1 rings (SSSR count). The van der Waals surface area contributed by atoms with E-state index < -0.39 is 10.8 Å². The fraction of sp³-hybridized carbons (Fsp3) is 0.364. The molecular weight excluding hydrogens is 304 g/mol. The molecule has 0 spiro atoms. The van der Waals surface area contributed by atoms with Gasteiger partial charge in [0.2, 0.25) is 0 Å². The van der Waals surface area contributed by atoms with E-state index in [9.17, 15) is 14.9 Å². The van der Waals surface area contributed by atoms with Crippen LogP contribution in [0.5, 0.6) is 0 Å². The van der Waals surface area contributed by atoms with Gasteiger partial charge in [0.1, 0.15) is 5.69 Å². The summed E-state index contributed by atoms with van der Waals surface area (Å²) >= 11 is 7.49. The lowest BCUT2D eigenvalue weighted by Crippen LogP contribution is -2.29. The van der Waals surface area contributed by atoms with Crippen molar-refractivity contribution >= 4 is 40.6 Å². The summed E-state index contributed by atoms with van der Waals surface area (Å²) in [5.74, 6) is 4.77. The Bertz CT molecular complexity index is 527. The molecule has 110 valence electrons. The Balaban J connectivity index is 3.02. The van der Waals surface area contributed by atoms with Crippen LogP contribution >= 0.6 is 23.4 Å². The van der Waals surface area contributed by atoms with Gasteiger partial charge in [0.15, 0.2) is 0 Å². The summed E-state index contributed by atoms with van der Waals surface area (Å²) in [5.41, 5.74) is 1.91. The highest BCUT2D eigenvalue weighted by molar-refractivity contribution is 7.99. The van der Waals surface area contributed by atoms with Crippen LogP contribution in [0.2, 0.25) is 5.02 Å². The SMILES string of the molecule is CSC(C)CNC(=O)c1cc(Cl)c(NN)c([N+](=O)[O-])c1. The molecule has 0 bridgehead atoms. The molecule has 0 saturated carbocycles. The van der Waals surface area contributed by atoms with E-state index in [2.05, 4.69) is 10.7 Å². The van der Waals surface area contributed by atoms with Crippen molar-refractivity contribution in [2.24, 2.45) is 5.84 Å². The van der Waals surface area contributed by atoms with E-state index in [4.69, 9.17) is 17.4 Å². The predicted molar refractivity (Wildman–Crippen MR) is 81.2 cm³/mol. The fourth-order valence-corrected chi connectivity index (χ4v) is 1.95. The largest absolute Gasteiger partial charge is 0.351 e. The zero-order chi connectivity index (χ0) is 15.3. The minimum atomic E-state index is -0.650. The van der Waals surface area contributed by atoms with Gasteiger partial charge < -0.3 is 10.7 Å². The molecule has 0 aliphatic rings. The summed E-state index contributed by atoms with van der Waals surface area (Å²) in [7, 11) is 0. The van der Waals surface area contributed by atoms with Gasteiger partial charge in [-0.25, -0.2) is 0 Å². The van der Waals surface area contributed by atoms with Crippen LogP contribution in [0.25, 0.3) is 0 Å². The van der Waals surface area contributed by atoms with E-state index >= 15 is 0 Å². The van der Waals surface area contributed by atoms with Gasteiger partial charge in [-0.1, -0.05) is 18.5 Å². The number of anilines is 1. The van der Waals surface area contributed by atoms with E-state index in [0.29, 0.717) is 6.54 Å². The molecule has 0 heterocycles. The van der Waals surface area contributed by atoms with Crippen molar-refractivity contribution in [2.75, 3.05) is 18.2 Å². The second kappa shape index (κ2) is 7.32. The highest BCUT2D eigenvalue weighted by Crippen LogP contribution is 2.32. The molecular formula is C11H15ClN4O3S. The van der Waals surface area contributed by atoms with Crippen LogP contribution in [-0.2, 0) is 0 Å². The molecule has 1 aromatic carbocycles. The molecule has 7 nitrogen and oxygen atoms in total. The maximum absolute atomic E-state index is 11.9. The van der Waals surface area contributed by atoms with E-state index in [0.717, 1.165) is 6.07 Å². The highest BCUT2D eigenvalue weighted by Gasteiger charge is 2.21. The van der Waals surface area contributed by atoms with Crippen molar-refractivity contribution in [2.45, 2.75) is 12.2 Å². The van der Waals surface area contributed by atoms with Gasteiger partial charge in [-0.15, -0.1) is 0 Å². The predicted octanol–water partition coefficient (Wildman–Crippen LogP) is 2.02. The third-order valence-electron chi connectivity index (χ3n) is 2.63. The van der Waals surface area contributed by atoms with Gasteiger partial charge >= 0.3 is 0 Å². The zero-order valence-electron chi connectivity index (χ0n) is 11.0. The normalized spacial score (nSPS) is 11.8. The Labute approximate surface area is 125 Å². The summed E-state index contributed by atoms with van der Waals surface area (Å²) in [6.45, 7) is 2.42. The fourth-order valence-electron chi connectivity index (χ4n) is 1.43. The molecule has 0 saturated heterocycles. The number of hydrogen-bond donors (Lipinski definition) is 3. The summed E-state index contributed by atoms with van der Waals surface area (Å²) in [5, 5.41) is 13.9. The van der Waals surface area contributed by atoms with Gasteiger partial charge in [-0.3, -0.25) is 20.8 Å². The van der Waals surface area contributed by atoms with Crippen LogP contribution in [0.3, 0.4) is 0 Å². The van der Waals surface area contributed by atoms with Crippen LogP contribution in [0, 0.1) is 10.1 Å². The number of carbonyl (C=O) groups is 1. The van der Waals surface area contributed by atoms with E-state index in [-0.39, 0.29) is 27.2 Å². The molecule has 0 aromatic heterocycles. The quantitative estimate of drug-likeness (QED) is 0.420. The molecule has 20 heavy (non-hydrogen) atoms. The molecule has 9 heteroatoms. The summed E-state index contributed by atoms with van der Waals surface area (Å²) in [6.07, 6.45) is 1.93. The number of hydrazine groups is 1. The molecule has 1 atom stereocenters. The molecule has 4 N–H and O–H groups in total. The van der Waals surface area contributed by atoms with E-state index in [1.54, 1.807) is 11.8 Å². The maximum atomic E-state index is 11.9. The van der Waals surface area contributed by atoms with E-state index in [1.807, 2.05) is 13.2 Å². The second-order valence-corrected chi connectivity index (χ2v) is 5.69. The highest BCUT2D eigenvalue weighted by atomic mass is 35.5. The monoisotopic (exact) mass is 318 g/mol. The number of nitro benzene ring substituents is 1. The number of benzene rings is 1. The number of amides is 1. The third-order valence-corrected chi connectivity index (χ3v) is 3.89. The number of halogens is 1. The number of nitrogen functional groups attached to an aromatic ring is 1. The van der Waals surface area contributed by atoms with Crippen molar-refractivity contribution in [3.05, 3.63) is 32.8 Å². The minimum absolute atomic E-state index is 0.0183. The molecule has 0 radical (unpaired) electrons. The van der Waals surface area contributed by atoms with Gasteiger partial charge in [0.05, 0.1) is 9.95 Å². The van der Waals surface area contributed by atoms with Gasteiger partial charge in [-0.05, 0) is 12.3 Å². The van der Waals surface area contributed by atoms with Crippen molar-refractivity contribution < 1.29 is 9.72 Å². The van der Waals surface area contributed by atoms with Crippen molar-refractivity contribution in [1.82, 2.24) is 5.32 Å². The molecule has 0 fully saturated rings. The second-order valence-electron chi connectivity index (χ2n) is 4.01. The van der Waals surface area contributed by atoms with Crippen molar-refractivity contribution in [3.8, 4) is 0 Å². The lowest BCUT2D eigenvalue weighted by Gasteiger charge is -2.11. The number of thioether (sulfide) groups is 1. The summed E-state index contributed by atoms with van der Waals surface area (Å²) in [6, 6.07) is 2.48. The Morgan fingerprint density at radius 2 is 2.25 bits per heavy atom. The van der Waals surface area contributed by atoms with Gasteiger partial charge in [-0.2, -0.15) is 11.8 Å². The maximum Gasteiger partial charge on any atom is 0.295 e. The van der Waals surface area contributed by atoms with Crippen LogP contribution in [0.4, 0.5) is 11.4 Å². The number of nitrogens with two attached hydrogens (primary N) is 1. The van der Waals surface area contributed by atoms with E-state index in [1.165, 1.54) is 6.07 Å². The smallest absolute Gasteiger partial charge is 0.295 e. The van der Waals surface area contributed by atoms with Crippen molar-refractivity contribution in [1.29, 1.82) is 0 Å². The van der Waals surface area contributed by atoms with Crippen LogP contribution in [0.15, 0.2) is 12.1 Å². The number of nitro groups is 1. The molecule has 0 aliphatic carbocycles. The first-order valence-corrected chi connectivity index (χ1v) is 7.32. The summed E-state index contributed by atoms with van der Waals surface area (Å²) < 4.78 is 0. The van der Waals surface area contributed by atoms with Gasteiger partial charge in [0, 0.05) is 23.4 Å². The summed E-state index contributed by atoms with van der Waals surface area (Å²) in [4.78, 5) is 22.2. The molecule has 1 amide bonds. The third kappa shape index (κ3) is 3.99. The number of carbonyl (C=O) groups excluding carboxylic acids is 1. The van der Waals surface area contributed by atoms with Crippen LogP contribution in [-0.4, -0.2) is 28.9 Å². The Kier molecular flexibility index (Phi) is 6.05. The molecule has 1 aromatic rings. The topological polar surface area (TPSA) is 110 Å². The Morgan fingerprint density at radius 3 is 2.75 bits per heavy atom. The molecule has 1 unspecified atom stereocenters. The van der Waals surface area contributed by atoms with Crippen LogP contribution in [0.1, 0.15) is 17.3 Å². The standard InChI is InChI=1S/C11H15ClN4O3S/c1-6(20-2)5-14-11(17)7-3-8(12)10(15-13)9(4-7)16(18)19/h3-4,6,15H,5,13H2,1-2H3,(H,14,17). The average molecular weight is 319 g/mol. The lowest BCUT2D eigenvalue weighted by molar-refractivity contribution is -0.384. The zero-order valence-corrected chi connectivity index (χ0v) is 12.5. The Hall–Kier alpha value is -1.51.